The first-order chi connectivity index (χ1) is 10.6. The summed E-state index contributed by atoms with van der Waals surface area (Å²) < 4.78 is 13.3. The average molecular weight is 302 g/mol. The van der Waals surface area contributed by atoms with Crippen LogP contribution >= 0.6 is 0 Å². The maximum atomic E-state index is 12.3. The summed E-state index contributed by atoms with van der Waals surface area (Å²) in [6.07, 6.45) is 4.12. The Bertz CT molecular complexity index is 805. The molecule has 0 amide bonds. The van der Waals surface area contributed by atoms with Crippen LogP contribution in [0, 0.1) is 5.92 Å². The summed E-state index contributed by atoms with van der Waals surface area (Å²) in [5.74, 6) is 1.69. The molecule has 1 aromatic heterocycles. The van der Waals surface area contributed by atoms with Crippen LogP contribution in [0.4, 0.5) is 0 Å². The lowest BCUT2D eigenvalue weighted by atomic mass is 10.1. The molecule has 0 saturated carbocycles. The second-order valence-corrected chi connectivity index (χ2v) is 5.69. The number of ether oxygens (including phenoxy) is 2. The summed E-state index contributed by atoms with van der Waals surface area (Å²) in [6.45, 7) is 4.88. The van der Waals surface area contributed by atoms with Crippen molar-refractivity contribution in [2.75, 3.05) is 6.79 Å². The van der Waals surface area contributed by atoms with Gasteiger partial charge in [-0.1, -0.05) is 13.8 Å². The molecule has 3 rings (SSSR count). The van der Waals surface area contributed by atoms with Gasteiger partial charge in [0.25, 0.3) is 0 Å². The summed E-state index contributed by atoms with van der Waals surface area (Å²) >= 11 is 0. The molecule has 6 nitrogen and oxygen atoms in total. The van der Waals surface area contributed by atoms with E-state index < -0.39 is 11.1 Å². The van der Waals surface area contributed by atoms with Gasteiger partial charge in [0.15, 0.2) is 11.5 Å². The Morgan fingerprint density at radius 1 is 1.09 bits per heavy atom. The van der Waals surface area contributed by atoms with Crippen molar-refractivity contribution in [3.05, 3.63) is 51.3 Å². The van der Waals surface area contributed by atoms with Crippen molar-refractivity contribution in [1.82, 2.24) is 9.13 Å². The Kier molecular flexibility index (Phi) is 3.75. The molecule has 0 bridgehead atoms. The number of aromatic nitrogens is 2. The number of rotatable bonds is 4. The lowest BCUT2D eigenvalue weighted by Crippen LogP contribution is -2.40. The zero-order valence-electron chi connectivity index (χ0n) is 12.6. The summed E-state index contributed by atoms with van der Waals surface area (Å²) in [6, 6.07) is 5.16. The van der Waals surface area contributed by atoms with Crippen LogP contribution in [0.15, 0.2) is 40.2 Å². The van der Waals surface area contributed by atoms with E-state index in [1.165, 1.54) is 9.13 Å². The lowest BCUT2D eigenvalue weighted by Gasteiger charge is -2.10. The minimum absolute atomic E-state index is 0.171. The number of aryl methyl sites for hydroxylation is 1. The summed E-state index contributed by atoms with van der Waals surface area (Å²) in [4.78, 5) is 24.5. The third kappa shape index (κ3) is 2.64. The van der Waals surface area contributed by atoms with Crippen molar-refractivity contribution in [3.8, 4) is 17.2 Å². The van der Waals surface area contributed by atoms with Gasteiger partial charge in [0, 0.05) is 25.0 Å². The van der Waals surface area contributed by atoms with E-state index in [-0.39, 0.29) is 6.79 Å². The summed E-state index contributed by atoms with van der Waals surface area (Å²) in [5.41, 5.74) is -0.492. The first-order valence-corrected chi connectivity index (χ1v) is 7.28. The highest BCUT2D eigenvalue weighted by Crippen LogP contribution is 2.33. The van der Waals surface area contributed by atoms with Crippen LogP contribution < -0.4 is 20.6 Å². The smallest absolute Gasteiger partial charge is 0.320 e. The molecule has 0 atom stereocenters. The molecule has 0 radical (unpaired) electrons. The van der Waals surface area contributed by atoms with Gasteiger partial charge >= 0.3 is 11.1 Å². The highest BCUT2D eigenvalue weighted by Gasteiger charge is 2.15. The quantitative estimate of drug-likeness (QED) is 0.808. The number of fused-ring (bicyclic) bond motifs is 1. The molecule has 0 aliphatic carbocycles. The fourth-order valence-electron chi connectivity index (χ4n) is 2.32. The predicted octanol–water partition coefficient (Wildman–Crippen LogP) is 1.77. The zero-order chi connectivity index (χ0) is 15.7. The molecule has 0 unspecified atom stereocenters. The second kappa shape index (κ2) is 5.71. The highest BCUT2D eigenvalue weighted by molar-refractivity contribution is 5.49. The molecule has 116 valence electrons. The predicted molar refractivity (Wildman–Crippen MR) is 81.9 cm³/mol. The van der Waals surface area contributed by atoms with E-state index in [1.54, 1.807) is 30.6 Å². The molecule has 0 saturated heterocycles. The van der Waals surface area contributed by atoms with Crippen molar-refractivity contribution in [2.45, 2.75) is 26.8 Å². The largest absolute Gasteiger partial charge is 0.454 e. The highest BCUT2D eigenvalue weighted by atomic mass is 16.7. The SMILES string of the molecule is CC(C)CCn1ccn(-c2ccc3c(c2)OCO3)c(=O)c1=O. The fourth-order valence-corrected chi connectivity index (χ4v) is 2.32. The van der Waals surface area contributed by atoms with E-state index in [1.807, 2.05) is 0 Å². The third-order valence-electron chi connectivity index (χ3n) is 3.64. The van der Waals surface area contributed by atoms with Crippen molar-refractivity contribution >= 4 is 0 Å². The molecule has 1 aliphatic rings. The summed E-state index contributed by atoms with van der Waals surface area (Å²) in [5, 5.41) is 0. The van der Waals surface area contributed by atoms with Gasteiger partial charge < -0.3 is 14.0 Å². The number of hydrogen-bond donors (Lipinski definition) is 0. The Hall–Kier alpha value is -2.50. The molecular weight excluding hydrogens is 284 g/mol. The van der Waals surface area contributed by atoms with Gasteiger partial charge in [-0.05, 0) is 24.5 Å². The van der Waals surface area contributed by atoms with Crippen LogP contribution in [-0.4, -0.2) is 15.9 Å². The van der Waals surface area contributed by atoms with Crippen LogP contribution in [0.1, 0.15) is 20.3 Å². The molecule has 6 heteroatoms. The average Bonchev–Trinajstić information content (AvgIpc) is 2.96. The van der Waals surface area contributed by atoms with E-state index in [2.05, 4.69) is 13.8 Å². The number of hydrogen-bond acceptors (Lipinski definition) is 4. The van der Waals surface area contributed by atoms with Crippen LogP contribution in [-0.2, 0) is 6.54 Å². The van der Waals surface area contributed by atoms with Gasteiger partial charge in [0.2, 0.25) is 6.79 Å². The Morgan fingerprint density at radius 2 is 1.86 bits per heavy atom. The number of benzene rings is 1. The first kappa shape index (κ1) is 14.4. The van der Waals surface area contributed by atoms with Gasteiger partial charge in [-0.3, -0.25) is 14.2 Å². The number of nitrogens with zero attached hydrogens (tertiary/aromatic N) is 2. The lowest BCUT2D eigenvalue weighted by molar-refractivity contribution is 0.174. The van der Waals surface area contributed by atoms with E-state index in [0.717, 1.165) is 6.42 Å². The van der Waals surface area contributed by atoms with Crippen LogP contribution in [0.3, 0.4) is 0 Å². The fraction of sp³-hybridized carbons (Fsp3) is 0.375. The molecule has 22 heavy (non-hydrogen) atoms. The van der Waals surface area contributed by atoms with Gasteiger partial charge in [-0.15, -0.1) is 0 Å². The molecule has 2 aromatic rings. The molecule has 0 spiro atoms. The monoisotopic (exact) mass is 302 g/mol. The third-order valence-corrected chi connectivity index (χ3v) is 3.64. The topological polar surface area (TPSA) is 62.5 Å². The van der Waals surface area contributed by atoms with E-state index >= 15 is 0 Å². The Balaban J connectivity index is 1.97. The Labute approximate surface area is 127 Å². The van der Waals surface area contributed by atoms with E-state index in [0.29, 0.717) is 29.6 Å². The standard InChI is InChI=1S/C16H18N2O4/c1-11(2)5-6-17-7-8-18(16(20)15(17)19)12-3-4-13-14(9-12)22-10-21-13/h3-4,7-9,11H,5-6,10H2,1-2H3. The van der Waals surface area contributed by atoms with E-state index in [9.17, 15) is 9.59 Å². The van der Waals surface area contributed by atoms with Crippen molar-refractivity contribution in [3.63, 3.8) is 0 Å². The van der Waals surface area contributed by atoms with Gasteiger partial charge in [-0.25, -0.2) is 0 Å². The van der Waals surface area contributed by atoms with Crippen molar-refractivity contribution in [1.29, 1.82) is 0 Å². The van der Waals surface area contributed by atoms with Gasteiger partial charge in [0.05, 0.1) is 5.69 Å². The molecule has 2 heterocycles. The van der Waals surface area contributed by atoms with Gasteiger partial charge in [0.1, 0.15) is 0 Å². The molecule has 0 fully saturated rings. The van der Waals surface area contributed by atoms with E-state index in [4.69, 9.17) is 9.47 Å². The first-order valence-electron chi connectivity index (χ1n) is 7.28. The molecule has 1 aliphatic heterocycles. The van der Waals surface area contributed by atoms with Crippen molar-refractivity contribution in [2.24, 2.45) is 5.92 Å². The minimum atomic E-state index is -0.565. The molecular formula is C16H18N2O4. The van der Waals surface area contributed by atoms with Crippen LogP contribution in [0.25, 0.3) is 5.69 Å². The zero-order valence-corrected chi connectivity index (χ0v) is 12.6. The molecule has 1 aromatic carbocycles. The van der Waals surface area contributed by atoms with Gasteiger partial charge in [-0.2, -0.15) is 0 Å². The molecule has 0 N–H and O–H groups in total. The van der Waals surface area contributed by atoms with Crippen LogP contribution in [0.5, 0.6) is 11.5 Å². The second-order valence-electron chi connectivity index (χ2n) is 5.69. The maximum absolute atomic E-state index is 12.3. The maximum Gasteiger partial charge on any atom is 0.320 e. The normalized spacial score (nSPS) is 12.9. The minimum Gasteiger partial charge on any atom is -0.454 e. The summed E-state index contributed by atoms with van der Waals surface area (Å²) in [7, 11) is 0. The Morgan fingerprint density at radius 3 is 2.64 bits per heavy atom. The van der Waals surface area contributed by atoms with Crippen LogP contribution in [0.2, 0.25) is 0 Å². The van der Waals surface area contributed by atoms with Crippen molar-refractivity contribution < 1.29 is 9.47 Å².